The highest BCUT2D eigenvalue weighted by molar-refractivity contribution is 5.96. The largest absolute Gasteiger partial charge is 0.462 e. The highest BCUT2D eigenvalue weighted by Gasteiger charge is 2.38. The first-order valence-corrected chi connectivity index (χ1v) is 9.36. The van der Waals surface area contributed by atoms with Crippen molar-refractivity contribution in [1.82, 2.24) is 0 Å². The third-order valence-corrected chi connectivity index (χ3v) is 5.97. The lowest BCUT2D eigenvalue weighted by Gasteiger charge is -2.34. The summed E-state index contributed by atoms with van der Waals surface area (Å²) in [6.45, 7) is 13.8. The van der Waals surface area contributed by atoms with E-state index in [4.69, 9.17) is 4.74 Å². The number of aliphatic hydroxyl groups excluding tert-OH is 3. The van der Waals surface area contributed by atoms with E-state index < -0.39 is 54.1 Å². The van der Waals surface area contributed by atoms with E-state index in [1.54, 1.807) is 41.5 Å². The molecule has 1 aliphatic rings. The Morgan fingerprint density at radius 2 is 1.35 bits per heavy atom. The Morgan fingerprint density at radius 3 is 1.88 bits per heavy atom. The third-order valence-electron chi connectivity index (χ3n) is 5.97. The summed E-state index contributed by atoms with van der Waals surface area (Å²) in [6, 6.07) is 0. The Labute approximate surface area is 156 Å². The summed E-state index contributed by atoms with van der Waals surface area (Å²) in [5.41, 5.74) is 0.340. The highest BCUT2D eigenvalue weighted by Crippen LogP contribution is 2.29. The zero-order valence-corrected chi connectivity index (χ0v) is 16.7. The second-order valence-electron chi connectivity index (χ2n) is 8.06. The van der Waals surface area contributed by atoms with Crippen LogP contribution in [0, 0.1) is 29.6 Å². The van der Waals surface area contributed by atoms with Crippen molar-refractivity contribution >= 4 is 11.8 Å². The van der Waals surface area contributed by atoms with Gasteiger partial charge < -0.3 is 20.1 Å². The summed E-state index contributed by atoms with van der Waals surface area (Å²) in [7, 11) is 0. The fraction of sp³-hybridized carbons (Fsp3) is 0.800. The second kappa shape index (κ2) is 9.11. The van der Waals surface area contributed by atoms with E-state index in [1.807, 2.05) is 0 Å². The zero-order chi connectivity index (χ0) is 20.3. The standard InChI is InChI=1S/C20H34O6/c1-9-8-10(2)17(22)13(5)19(24)14(6)20(25)26-15(7)11(3)18(23)12(4)16(9)21/h10-15,17-19,22-24H,1,8H2,2-7H3/t10-,11+,12-,13+,14+,15+,17-,18-,19-/m0/s1. The number of Topliss-reactive ketones (excluding diaryl/α,β-unsaturated/α-hetero) is 1. The van der Waals surface area contributed by atoms with E-state index in [1.165, 1.54) is 0 Å². The molecule has 0 bridgehead atoms. The van der Waals surface area contributed by atoms with Gasteiger partial charge in [0.25, 0.3) is 0 Å². The molecule has 0 aromatic rings. The molecule has 150 valence electrons. The molecule has 26 heavy (non-hydrogen) atoms. The molecule has 1 rings (SSSR count). The molecule has 9 atom stereocenters. The van der Waals surface area contributed by atoms with Crippen LogP contribution in [-0.4, -0.2) is 51.5 Å². The van der Waals surface area contributed by atoms with Crippen molar-refractivity contribution in [2.24, 2.45) is 29.6 Å². The molecule has 0 radical (unpaired) electrons. The highest BCUT2D eigenvalue weighted by atomic mass is 16.5. The lowest BCUT2D eigenvalue weighted by atomic mass is 9.79. The van der Waals surface area contributed by atoms with Crippen LogP contribution in [0.4, 0.5) is 0 Å². The van der Waals surface area contributed by atoms with Crippen LogP contribution < -0.4 is 0 Å². The maximum absolute atomic E-state index is 12.6. The second-order valence-corrected chi connectivity index (χ2v) is 8.06. The molecule has 0 unspecified atom stereocenters. The van der Waals surface area contributed by atoms with Gasteiger partial charge in [-0.2, -0.15) is 0 Å². The molecule has 1 aliphatic heterocycles. The van der Waals surface area contributed by atoms with Gasteiger partial charge in [0.15, 0.2) is 5.78 Å². The number of cyclic esters (lactones) is 1. The van der Waals surface area contributed by atoms with Gasteiger partial charge in [-0.25, -0.2) is 0 Å². The minimum absolute atomic E-state index is 0.261. The van der Waals surface area contributed by atoms with Gasteiger partial charge in [-0.1, -0.05) is 34.3 Å². The third kappa shape index (κ3) is 4.93. The summed E-state index contributed by atoms with van der Waals surface area (Å²) in [6.07, 6.45) is -3.36. The SMILES string of the molecule is C=C1C[C@H](C)[C@H](O)[C@@H](C)[C@H](O)[C@@H](C)C(=O)O[C@H](C)[C@@H](C)[C@H](O)[C@@H](C)C1=O. The molecule has 3 N–H and O–H groups in total. The predicted octanol–water partition coefficient (Wildman–Crippen LogP) is 1.71. The molecule has 1 saturated heterocycles. The Bertz CT molecular complexity index is 530. The first kappa shape index (κ1) is 22.8. The Morgan fingerprint density at radius 1 is 0.846 bits per heavy atom. The number of hydrogen-bond donors (Lipinski definition) is 3. The number of rotatable bonds is 0. The summed E-state index contributed by atoms with van der Waals surface area (Å²) in [4.78, 5) is 25.0. The van der Waals surface area contributed by atoms with Crippen molar-refractivity contribution in [3.05, 3.63) is 12.2 Å². The van der Waals surface area contributed by atoms with Gasteiger partial charge in [0.2, 0.25) is 0 Å². The van der Waals surface area contributed by atoms with Crippen LogP contribution in [0.5, 0.6) is 0 Å². The number of ketones is 1. The molecular weight excluding hydrogens is 336 g/mol. The molecule has 6 nitrogen and oxygen atoms in total. The summed E-state index contributed by atoms with van der Waals surface area (Å²) in [5.74, 6) is -3.72. The van der Waals surface area contributed by atoms with Crippen molar-refractivity contribution in [2.75, 3.05) is 0 Å². The Kier molecular flexibility index (Phi) is 7.99. The number of carbonyl (C=O) groups excluding carboxylic acids is 2. The average molecular weight is 370 g/mol. The van der Waals surface area contributed by atoms with Crippen molar-refractivity contribution in [3.8, 4) is 0 Å². The Hall–Kier alpha value is -1.24. The maximum Gasteiger partial charge on any atom is 0.311 e. The number of aliphatic hydroxyl groups is 3. The van der Waals surface area contributed by atoms with Gasteiger partial charge in [0, 0.05) is 17.8 Å². The van der Waals surface area contributed by atoms with E-state index in [2.05, 4.69) is 6.58 Å². The van der Waals surface area contributed by atoms with Crippen LogP contribution in [-0.2, 0) is 14.3 Å². The minimum Gasteiger partial charge on any atom is -0.462 e. The molecule has 1 heterocycles. The lowest BCUT2D eigenvalue weighted by molar-refractivity contribution is -0.164. The molecule has 6 heteroatoms. The number of carbonyl (C=O) groups is 2. The zero-order valence-electron chi connectivity index (χ0n) is 16.7. The summed E-state index contributed by atoms with van der Waals surface area (Å²) < 4.78 is 5.41. The predicted molar refractivity (Wildman–Crippen MR) is 98.2 cm³/mol. The average Bonchev–Trinajstić information content (AvgIpc) is 2.61. The summed E-state index contributed by atoms with van der Waals surface area (Å²) >= 11 is 0. The van der Waals surface area contributed by atoms with Crippen molar-refractivity contribution in [1.29, 1.82) is 0 Å². The van der Waals surface area contributed by atoms with Crippen LogP contribution in [0.3, 0.4) is 0 Å². The van der Waals surface area contributed by atoms with Crippen LogP contribution in [0.25, 0.3) is 0 Å². The molecular formula is C20H34O6. The molecule has 0 aromatic carbocycles. The summed E-state index contributed by atoms with van der Waals surface area (Å²) in [5, 5.41) is 31.5. The topological polar surface area (TPSA) is 104 Å². The van der Waals surface area contributed by atoms with Gasteiger partial charge in [-0.05, 0) is 31.8 Å². The van der Waals surface area contributed by atoms with Crippen LogP contribution >= 0.6 is 0 Å². The minimum atomic E-state index is -1.08. The number of allylic oxidation sites excluding steroid dienone is 1. The van der Waals surface area contributed by atoms with E-state index in [0.717, 1.165) is 0 Å². The van der Waals surface area contributed by atoms with Crippen molar-refractivity contribution in [3.63, 3.8) is 0 Å². The fourth-order valence-electron chi connectivity index (χ4n) is 3.53. The van der Waals surface area contributed by atoms with Gasteiger partial charge >= 0.3 is 5.97 Å². The molecule has 0 saturated carbocycles. The Balaban J connectivity index is 3.19. The van der Waals surface area contributed by atoms with E-state index in [9.17, 15) is 24.9 Å². The van der Waals surface area contributed by atoms with Gasteiger partial charge in [0.1, 0.15) is 6.10 Å². The fourth-order valence-corrected chi connectivity index (χ4v) is 3.53. The molecule has 0 amide bonds. The molecule has 0 spiro atoms. The van der Waals surface area contributed by atoms with Gasteiger partial charge in [0.05, 0.1) is 24.2 Å². The quantitative estimate of drug-likeness (QED) is 0.443. The maximum atomic E-state index is 12.6. The van der Waals surface area contributed by atoms with Crippen LogP contribution in [0.1, 0.15) is 48.0 Å². The van der Waals surface area contributed by atoms with E-state index in [-0.39, 0.29) is 18.1 Å². The normalized spacial score (nSPS) is 44.3. The smallest absolute Gasteiger partial charge is 0.311 e. The first-order valence-electron chi connectivity index (χ1n) is 9.36. The van der Waals surface area contributed by atoms with E-state index >= 15 is 0 Å². The first-order chi connectivity index (χ1) is 11.9. The van der Waals surface area contributed by atoms with Crippen LogP contribution in [0.2, 0.25) is 0 Å². The van der Waals surface area contributed by atoms with Crippen molar-refractivity contribution in [2.45, 2.75) is 72.4 Å². The monoisotopic (exact) mass is 370 g/mol. The van der Waals surface area contributed by atoms with Gasteiger partial charge in [-0.15, -0.1) is 0 Å². The lowest BCUT2D eigenvalue weighted by Crippen LogP contribution is -2.44. The molecule has 1 fully saturated rings. The molecule has 0 aromatic heterocycles. The number of esters is 1. The van der Waals surface area contributed by atoms with Crippen LogP contribution in [0.15, 0.2) is 12.2 Å². The number of hydrogen-bond acceptors (Lipinski definition) is 6. The van der Waals surface area contributed by atoms with Gasteiger partial charge in [-0.3, -0.25) is 9.59 Å². The number of ether oxygens (including phenoxy) is 1. The molecule has 0 aliphatic carbocycles. The van der Waals surface area contributed by atoms with E-state index in [0.29, 0.717) is 5.57 Å². The van der Waals surface area contributed by atoms with Crippen molar-refractivity contribution < 1.29 is 29.6 Å².